The monoisotopic (exact) mass is 423 g/mol. The van der Waals surface area contributed by atoms with Crippen LogP contribution in [-0.4, -0.2) is 16.1 Å². The normalized spacial score (nSPS) is 10.7. The van der Waals surface area contributed by atoms with Crippen LogP contribution in [0.25, 0.3) is 10.8 Å². The van der Waals surface area contributed by atoms with E-state index in [0.717, 1.165) is 28.1 Å². The minimum absolute atomic E-state index is 0.0954. The van der Waals surface area contributed by atoms with Gasteiger partial charge in [0.25, 0.3) is 5.69 Å². The first-order valence-electron chi connectivity index (χ1n) is 9.68. The molecule has 0 aliphatic carbocycles. The Kier molecular flexibility index (Phi) is 6.00. The summed E-state index contributed by atoms with van der Waals surface area (Å²) in [6.07, 6.45) is 2.79. The topological polar surface area (TPSA) is 113 Å². The van der Waals surface area contributed by atoms with E-state index >= 15 is 0 Å². The Morgan fingerprint density at radius 2 is 1.91 bits per heavy atom. The van der Waals surface area contributed by atoms with Crippen LogP contribution in [0, 0.1) is 21.4 Å². The third kappa shape index (κ3) is 4.52. The number of nitro groups is 1. The summed E-state index contributed by atoms with van der Waals surface area (Å²) in [5.74, 6) is 0.983. The van der Waals surface area contributed by atoms with E-state index in [1.165, 1.54) is 12.1 Å². The highest BCUT2D eigenvalue weighted by atomic mass is 16.6. The largest absolute Gasteiger partial charge is 0.488 e. The summed E-state index contributed by atoms with van der Waals surface area (Å²) in [6, 6.07) is 24.0. The predicted octanol–water partition coefficient (Wildman–Crippen LogP) is 5.04. The van der Waals surface area contributed by atoms with Gasteiger partial charge in [-0.2, -0.15) is 10.4 Å². The fraction of sp³-hybridized carbons (Fsp3) is 0.0417. The molecule has 156 valence electrons. The molecule has 4 aromatic rings. The molecule has 0 fully saturated rings. The van der Waals surface area contributed by atoms with Gasteiger partial charge in [0.05, 0.1) is 22.8 Å². The number of rotatable bonds is 7. The smallest absolute Gasteiger partial charge is 0.287 e. The molecule has 8 nitrogen and oxygen atoms in total. The Balaban J connectivity index is 1.60. The van der Waals surface area contributed by atoms with Gasteiger partial charge in [-0.15, -0.1) is 0 Å². The van der Waals surface area contributed by atoms with Gasteiger partial charge in [-0.25, -0.2) is 4.98 Å². The van der Waals surface area contributed by atoms with Crippen molar-refractivity contribution < 1.29 is 9.66 Å². The van der Waals surface area contributed by atoms with Crippen LogP contribution in [0.3, 0.4) is 0 Å². The number of pyridine rings is 1. The summed E-state index contributed by atoms with van der Waals surface area (Å²) in [5, 5.41) is 26.3. The van der Waals surface area contributed by atoms with Gasteiger partial charge in [-0.3, -0.25) is 15.5 Å². The lowest BCUT2D eigenvalue weighted by Gasteiger charge is -2.12. The van der Waals surface area contributed by atoms with Crippen molar-refractivity contribution in [3.05, 3.63) is 106 Å². The third-order valence-electron chi connectivity index (χ3n) is 4.78. The van der Waals surface area contributed by atoms with Crippen molar-refractivity contribution in [3.63, 3.8) is 0 Å². The first-order valence-corrected chi connectivity index (χ1v) is 9.68. The maximum Gasteiger partial charge on any atom is 0.287 e. The molecule has 8 heteroatoms. The van der Waals surface area contributed by atoms with Crippen molar-refractivity contribution in [1.29, 1.82) is 5.26 Å². The van der Waals surface area contributed by atoms with E-state index in [1.807, 2.05) is 54.6 Å². The van der Waals surface area contributed by atoms with Crippen molar-refractivity contribution in [2.45, 2.75) is 6.61 Å². The Labute approximate surface area is 183 Å². The average Bonchev–Trinajstić information content (AvgIpc) is 2.83. The lowest BCUT2D eigenvalue weighted by atomic mass is 10.0. The van der Waals surface area contributed by atoms with E-state index in [-0.39, 0.29) is 12.3 Å². The highest BCUT2D eigenvalue weighted by Gasteiger charge is 2.09. The Hall–Kier alpha value is -4.77. The molecule has 0 aliphatic rings. The van der Waals surface area contributed by atoms with Crippen molar-refractivity contribution in [3.8, 4) is 11.8 Å². The molecule has 0 aliphatic heterocycles. The first-order chi connectivity index (χ1) is 15.7. The zero-order chi connectivity index (χ0) is 22.3. The maximum atomic E-state index is 10.8. The van der Waals surface area contributed by atoms with Gasteiger partial charge in [0.1, 0.15) is 24.4 Å². The number of hydrogen-bond acceptors (Lipinski definition) is 7. The van der Waals surface area contributed by atoms with Gasteiger partial charge in [-0.1, -0.05) is 48.5 Å². The lowest BCUT2D eigenvalue weighted by molar-refractivity contribution is -0.385. The van der Waals surface area contributed by atoms with Crippen LogP contribution in [0.1, 0.15) is 16.7 Å². The predicted molar refractivity (Wildman–Crippen MR) is 122 cm³/mol. The fourth-order valence-corrected chi connectivity index (χ4v) is 3.17. The molecule has 0 saturated heterocycles. The number of fused-ring (bicyclic) bond motifs is 1. The Morgan fingerprint density at radius 1 is 1.09 bits per heavy atom. The third-order valence-corrected chi connectivity index (χ3v) is 4.78. The molecule has 1 aromatic heterocycles. The molecule has 0 unspecified atom stereocenters. The zero-order valence-electron chi connectivity index (χ0n) is 16.8. The number of hydrazone groups is 1. The molecule has 32 heavy (non-hydrogen) atoms. The highest BCUT2D eigenvalue weighted by molar-refractivity contribution is 6.02. The fourth-order valence-electron chi connectivity index (χ4n) is 3.17. The van der Waals surface area contributed by atoms with Crippen LogP contribution < -0.4 is 10.2 Å². The summed E-state index contributed by atoms with van der Waals surface area (Å²) >= 11 is 0. The molecule has 1 heterocycles. The number of benzene rings is 3. The minimum atomic E-state index is -0.510. The van der Waals surface area contributed by atoms with Gasteiger partial charge in [-0.05, 0) is 29.0 Å². The van der Waals surface area contributed by atoms with Gasteiger partial charge >= 0.3 is 0 Å². The lowest BCUT2D eigenvalue weighted by Crippen LogP contribution is -2.02. The van der Waals surface area contributed by atoms with E-state index < -0.39 is 4.92 Å². The molecular weight excluding hydrogens is 406 g/mol. The highest BCUT2D eigenvalue weighted by Crippen LogP contribution is 2.28. The van der Waals surface area contributed by atoms with Crippen LogP contribution in [0.2, 0.25) is 0 Å². The Morgan fingerprint density at radius 3 is 2.69 bits per heavy atom. The Bertz CT molecular complexity index is 1340. The molecule has 0 atom stereocenters. The summed E-state index contributed by atoms with van der Waals surface area (Å²) in [4.78, 5) is 14.2. The molecule has 4 rings (SSSR count). The van der Waals surface area contributed by atoms with E-state index in [9.17, 15) is 15.4 Å². The number of ether oxygens (including phenoxy) is 1. The number of nitriles is 1. The second-order valence-electron chi connectivity index (χ2n) is 6.78. The van der Waals surface area contributed by atoms with Crippen molar-refractivity contribution in [1.82, 2.24) is 4.98 Å². The van der Waals surface area contributed by atoms with Crippen LogP contribution in [0.15, 0.2) is 84.1 Å². The summed E-state index contributed by atoms with van der Waals surface area (Å²) < 4.78 is 6.06. The summed E-state index contributed by atoms with van der Waals surface area (Å²) in [6.45, 7) is 0.236. The van der Waals surface area contributed by atoms with Gasteiger partial charge in [0.15, 0.2) is 0 Å². The van der Waals surface area contributed by atoms with Crippen molar-refractivity contribution in [2.24, 2.45) is 5.10 Å². The average molecular weight is 423 g/mol. The molecule has 3 aromatic carbocycles. The van der Waals surface area contributed by atoms with Crippen molar-refractivity contribution in [2.75, 3.05) is 5.43 Å². The number of anilines is 1. The minimum Gasteiger partial charge on any atom is -0.488 e. The van der Waals surface area contributed by atoms with E-state index in [0.29, 0.717) is 17.1 Å². The van der Waals surface area contributed by atoms with Gasteiger partial charge in [0, 0.05) is 17.2 Å². The van der Waals surface area contributed by atoms with Crippen LogP contribution in [0.5, 0.6) is 5.75 Å². The zero-order valence-corrected chi connectivity index (χ0v) is 16.8. The van der Waals surface area contributed by atoms with E-state index in [4.69, 9.17) is 4.74 Å². The van der Waals surface area contributed by atoms with Crippen LogP contribution in [-0.2, 0) is 6.61 Å². The molecule has 1 N–H and O–H groups in total. The maximum absolute atomic E-state index is 10.8. The molecule has 0 spiro atoms. The molecular formula is C24H17N5O3. The van der Waals surface area contributed by atoms with E-state index in [2.05, 4.69) is 21.6 Å². The molecule has 0 saturated carbocycles. The first kappa shape index (κ1) is 20.5. The molecule has 0 bridgehead atoms. The SMILES string of the molecule is N#Cc1ccccc1COc1ccc2ccccc2c1/C=N/Nc1ccc([N+](=O)[O-])cn1. The summed E-state index contributed by atoms with van der Waals surface area (Å²) in [7, 11) is 0. The molecule has 0 radical (unpaired) electrons. The van der Waals surface area contributed by atoms with E-state index in [1.54, 1.807) is 12.3 Å². The number of aromatic nitrogens is 1. The number of hydrogen-bond donors (Lipinski definition) is 1. The summed E-state index contributed by atoms with van der Waals surface area (Å²) in [5.41, 5.74) is 4.80. The van der Waals surface area contributed by atoms with Crippen molar-refractivity contribution >= 4 is 28.5 Å². The second kappa shape index (κ2) is 9.36. The molecule has 0 amide bonds. The number of nitrogens with zero attached hydrogens (tertiary/aromatic N) is 4. The van der Waals surface area contributed by atoms with Gasteiger partial charge < -0.3 is 4.74 Å². The van der Waals surface area contributed by atoms with Gasteiger partial charge in [0.2, 0.25) is 0 Å². The second-order valence-corrected chi connectivity index (χ2v) is 6.78. The number of nitrogens with one attached hydrogen (secondary N) is 1. The quantitative estimate of drug-likeness (QED) is 0.253. The van der Waals surface area contributed by atoms with Crippen LogP contribution in [0.4, 0.5) is 11.5 Å². The van der Waals surface area contributed by atoms with Crippen LogP contribution >= 0.6 is 0 Å². The standard InChI is InChI=1S/C24H17N5O3/c25-13-18-6-1-2-7-19(18)16-32-23-11-9-17-5-3-4-8-21(17)22(23)15-27-28-24-12-10-20(14-26-24)29(30)31/h1-12,14-15H,16H2,(H,26,28)/b27-15+.